The second kappa shape index (κ2) is 14.4. The molecule has 3 heteroatoms. The minimum Gasteiger partial charge on any atom is -0.248 e. The van der Waals surface area contributed by atoms with Crippen molar-refractivity contribution in [3.05, 3.63) is 212 Å². The summed E-state index contributed by atoms with van der Waals surface area (Å²) in [7, 11) is 0. The first kappa shape index (κ1) is 33.1. The lowest BCUT2D eigenvalue weighted by molar-refractivity contribution is 1.18. The second-order valence-electron chi connectivity index (χ2n) is 14.0. The van der Waals surface area contributed by atoms with Crippen LogP contribution in [-0.4, -0.2) is 15.0 Å². The number of hydrogen-bond acceptors (Lipinski definition) is 3. The van der Waals surface area contributed by atoms with Crippen molar-refractivity contribution < 1.29 is 0 Å². The molecule has 0 bridgehead atoms. The molecule has 0 radical (unpaired) electrons. The van der Waals surface area contributed by atoms with E-state index in [1.54, 1.807) is 0 Å². The van der Waals surface area contributed by atoms with Crippen molar-refractivity contribution in [2.24, 2.45) is 0 Å². The Hall–Kier alpha value is -7.49. The number of nitrogens with zero attached hydrogens (tertiary/aromatic N) is 3. The minimum atomic E-state index is 0.711. The number of aromatic nitrogens is 3. The predicted octanol–water partition coefficient (Wildman–Crippen LogP) is 13.8. The molecule has 0 unspecified atom stereocenters. The molecule has 10 aromatic rings. The number of pyridine rings is 1. The molecular formula is C53H35N3. The van der Waals surface area contributed by atoms with Crippen molar-refractivity contribution in [2.45, 2.75) is 0 Å². The maximum absolute atomic E-state index is 5.19. The number of fused-ring (bicyclic) bond motifs is 3. The van der Waals surface area contributed by atoms with Gasteiger partial charge in [0.2, 0.25) is 0 Å². The van der Waals surface area contributed by atoms with Gasteiger partial charge in [-0.2, -0.15) is 0 Å². The summed E-state index contributed by atoms with van der Waals surface area (Å²) in [6.45, 7) is 0. The largest absolute Gasteiger partial charge is 0.248 e. The van der Waals surface area contributed by atoms with E-state index >= 15 is 0 Å². The molecule has 0 saturated carbocycles. The van der Waals surface area contributed by atoms with Gasteiger partial charge in [0.05, 0.1) is 22.6 Å². The summed E-state index contributed by atoms with van der Waals surface area (Å²) in [6.07, 6.45) is 0. The van der Waals surface area contributed by atoms with Gasteiger partial charge in [0.1, 0.15) is 0 Å². The highest BCUT2D eigenvalue weighted by molar-refractivity contribution is 6.17. The van der Waals surface area contributed by atoms with E-state index in [9.17, 15) is 0 Å². The van der Waals surface area contributed by atoms with Crippen LogP contribution in [0.15, 0.2) is 212 Å². The Morgan fingerprint density at radius 3 is 1.41 bits per heavy atom. The summed E-state index contributed by atoms with van der Waals surface area (Å²) >= 11 is 0. The maximum atomic E-state index is 5.19. The lowest BCUT2D eigenvalue weighted by Crippen LogP contribution is -1.96. The van der Waals surface area contributed by atoms with Gasteiger partial charge in [-0.15, -0.1) is 0 Å². The van der Waals surface area contributed by atoms with E-state index in [-0.39, 0.29) is 0 Å². The first-order chi connectivity index (χ1) is 27.7. The zero-order chi connectivity index (χ0) is 37.3. The van der Waals surface area contributed by atoms with Gasteiger partial charge in [0, 0.05) is 27.6 Å². The topological polar surface area (TPSA) is 38.7 Å². The van der Waals surface area contributed by atoms with E-state index < -0.39 is 0 Å². The first-order valence-corrected chi connectivity index (χ1v) is 18.9. The highest BCUT2D eigenvalue weighted by Gasteiger charge is 2.16. The molecule has 0 atom stereocenters. The summed E-state index contributed by atoms with van der Waals surface area (Å²) in [5.74, 6) is 0.711. The summed E-state index contributed by atoms with van der Waals surface area (Å²) in [5.41, 5.74) is 14.9. The Kier molecular flexibility index (Phi) is 8.51. The van der Waals surface area contributed by atoms with Crippen LogP contribution in [-0.2, 0) is 0 Å². The smallest absolute Gasteiger partial charge is 0.160 e. The maximum Gasteiger partial charge on any atom is 0.160 e. The van der Waals surface area contributed by atoms with Crippen LogP contribution in [0.25, 0.3) is 100 Å². The fourth-order valence-corrected chi connectivity index (χ4v) is 7.72. The summed E-state index contributed by atoms with van der Waals surface area (Å²) in [6, 6.07) is 74.5. The Bertz CT molecular complexity index is 2920. The summed E-state index contributed by atoms with van der Waals surface area (Å²) in [4.78, 5) is 15.2. The zero-order valence-electron chi connectivity index (χ0n) is 30.5. The van der Waals surface area contributed by atoms with Gasteiger partial charge in [0.25, 0.3) is 0 Å². The van der Waals surface area contributed by atoms with E-state index in [1.165, 1.54) is 38.4 Å². The molecule has 262 valence electrons. The molecule has 2 aromatic heterocycles. The predicted molar refractivity (Wildman–Crippen MR) is 233 cm³/mol. The van der Waals surface area contributed by atoms with Crippen molar-refractivity contribution >= 4 is 21.7 Å². The van der Waals surface area contributed by atoms with Crippen molar-refractivity contribution in [3.63, 3.8) is 0 Å². The van der Waals surface area contributed by atoms with Crippen molar-refractivity contribution in [3.8, 4) is 78.5 Å². The fraction of sp³-hybridized carbons (Fsp3) is 0. The molecule has 3 nitrogen and oxygen atoms in total. The standard InChI is InChI=1S/C53H35N3/c1-5-15-37(16-6-1)47-34-49(39-17-7-2-8-18-39)54-48-32-31-45-44(25-14-26-46(45)52(47)48)38-29-27-36(28-30-38)42-23-13-24-43(33-42)51-35-50(40-19-9-3-10-20-40)55-53(56-51)41-21-11-4-12-22-41/h1-35H. The average Bonchev–Trinajstić information content (AvgIpc) is 3.29. The highest BCUT2D eigenvalue weighted by atomic mass is 14.9. The minimum absolute atomic E-state index is 0.711. The van der Waals surface area contributed by atoms with E-state index in [0.717, 1.165) is 56.0 Å². The van der Waals surface area contributed by atoms with E-state index in [1.807, 2.05) is 42.5 Å². The van der Waals surface area contributed by atoms with Crippen molar-refractivity contribution in [1.82, 2.24) is 15.0 Å². The third-order valence-electron chi connectivity index (χ3n) is 10.5. The first-order valence-electron chi connectivity index (χ1n) is 18.9. The Morgan fingerprint density at radius 1 is 0.250 bits per heavy atom. The number of hydrogen-bond donors (Lipinski definition) is 0. The van der Waals surface area contributed by atoms with Crippen LogP contribution in [0, 0.1) is 0 Å². The highest BCUT2D eigenvalue weighted by Crippen LogP contribution is 2.40. The molecule has 0 amide bonds. The van der Waals surface area contributed by atoms with Gasteiger partial charge < -0.3 is 0 Å². The molecule has 10 rings (SSSR count). The second-order valence-corrected chi connectivity index (χ2v) is 14.0. The number of benzene rings is 8. The lowest BCUT2D eigenvalue weighted by Gasteiger charge is -2.15. The molecule has 8 aromatic carbocycles. The fourth-order valence-electron chi connectivity index (χ4n) is 7.72. The lowest BCUT2D eigenvalue weighted by atomic mass is 9.91. The Balaban J connectivity index is 1.03. The average molecular weight is 714 g/mol. The monoisotopic (exact) mass is 713 g/mol. The molecule has 0 saturated heterocycles. The van der Waals surface area contributed by atoms with Crippen LogP contribution in [0.5, 0.6) is 0 Å². The third-order valence-corrected chi connectivity index (χ3v) is 10.5. The summed E-state index contributed by atoms with van der Waals surface area (Å²) in [5, 5.41) is 3.56. The normalized spacial score (nSPS) is 11.2. The van der Waals surface area contributed by atoms with Crippen LogP contribution in [0.1, 0.15) is 0 Å². The Labute approximate surface area is 326 Å². The molecule has 0 N–H and O–H groups in total. The van der Waals surface area contributed by atoms with Crippen LogP contribution in [0.3, 0.4) is 0 Å². The third kappa shape index (κ3) is 6.31. The van der Waals surface area contributed by atoms with E-state index in [4.69, 9.17) is 15.0 Å². The van der Waals surface area contributed by atoms with Gasteiger partial charge in [0.15, 0.2) is 5.82 Å². The van der Waals surface area contributed by atoms with Gasteiger partial charge >= 0.3 is 0 Å². The molecule has 0 spiro atoms. The Morgan fingerprint density at radius 2 is 0.750 bits per heavy atom. The van der Waals surface area contributed by atoms with Crippen LogP contribution < -0.4 is 0 Å². The molecule has 0 aliphatic heterocycles. The van der Waals surface area contributed by atoms with E-state index in [0.29, 0.717) is 5.82 Å². The van der Waals surface area contributed by atoms with Crippen molar-refractivity contribution in [1.29, 1.82) is 0 Å². The van der Waals surface area contributed by atoms with Gasteiger partial charge in [-0.3, -0.25) is 0 Å². The van der Waals surface area contributed by atoms with Gasteiger partial charge in [-0.25, -0.2) is 15.0 Å². The zero-order valence-corrected chi connectivity index (χ0v) is 30.5. The van der Waals surface area contributed by atoms with Gasteiger partial charge in [-0.1, -0.05) is 188 Å². The van der Waals surface area contributed by atoms with Crippen LogP contribution in [0.4, 0.5) is 0 Å². The van der Waals surface area contributed by atoms with E-state index in [2.05, 4.69) is 170 Å². The van der Waals surface area contributed by atoms with Gasteiger partial charge in [-0.05, 0) is 68.4 Å². The molecule has 56 heavy (non-hydrogen) atoms. The molecule has 0 aliphatic carbocycles. The SMILES string of the molecule is c1ccc(-c2cc(-c3cccc(-c4ccc(-c5cccc6c5ccc5nc(-c7ccccc7)cc(-c7ccccc7)c56)cc4)c3)nc(-c3ccccc3)n2)cc1. The quantitative estimate of drug-likeness (QED) is 0.154. The van der Waals surface area contributed by atoms with Crippen molar-refractivity contribution in [2.75, 3.05) is 0 Å². The number of rotatable bonds is 7. The van der Waals surface area contributed by atoms with Crippen LogP contribution >= 0.6 is 0 Å². The molecular weight excluding hydrogens is 679 g/mol. The molecule has 0 fully saturated rings. The van der Waals surface area contributed by atoms with Crippen LogP contribution in [0.2, 0.25) is 0 Å². The molecule has 0 aliphatic rings. The molecule has 2 heterocycles. The summed E-state index contributed by atoms with van der Waals surface area (Å²) < 4.78 is 0.